The Bertz CT molecular complexity index is 948. The maximum absolute atomic E-state index is 14.7. The van der Waals surface area contributed by atoms with Gasteiger partial charge in [0.1, 0.15) is 5.82 Å². The molecule has 2 heterocycles. The van der Waals surface area contributed by atoms with Gasteiger partial charge in [0.2, 0.25) is 0 Å². The normalized spacial score (nSPS) is 16.7. The quantitative estimate of drug-likeness (QED) is 0.655. The SMILES string of the molecule is C=S1CCN(Cc2ccc(-c3cnn(C)c3)cc2F)c2ccccc21. The topological polar surface area (TPSA) is 21.1 Å². The first-order valence-corrected chi connectivity index (χ1v) is 9.80. The van der Waals surface area contributed by atoms with Gasteiger partial charge in [-0.3, -0.25) is 4.68 Å². The van der Waals surface area contributed by atoms with E-state index in [0.717, 1.165) is 23.4 Å². The van der Waals surface area contributed by atoms with E-state index in [0.29, 0.717) is 12.1 Å². The number of rotatable bonds is 3. The summed E-state index contributed by atoms with van der Waals surface area (Å²) in [6.07, 6.45) is 3.65. The number of anilines is 1. The summed E-state index contributed by atoms with van der Waals surface area (Å²) in [5, 5.41) is 4.15. The second-order valence-electron chi connectivity index (χ2n) is 6.30. The molecule has 25 heavy (non-hydrogen) atoms. The van der Waals surface area contributed by atoms with Gasteiger partial charge in [-0.25, -0.2) is 4.39 Å². The number of nitrogens with zero attached hydrogens (tertiary/aromatic N) is 3. The number of hydrogen-bond acceptors (Lipinski definition) is 2. The summed E-state index contributed by atoms with van der Waals surface area (Å²) >= 11 is 0. The van der Waals surface area contributed by atoms with Crippen LogP contribution in [0.15, 0.2) is 59.8 Å². The van der Waals surface area contributed by atoms with Crippen LogP contribution in [0.5, 0.6) is 0 Å². The molecule has 4 rings (SSSR count). The van der Waals surface area contributed by atoms with Crippen molar-refractivity contribution in [1.29, 1.82) is 0 Å². The van der Waals surface area contributed by atoms with Crippen molar-refractivity contribution in [2.24, 2.45) is 7.05 Å². The fraction of sp³-hybridized carbons (Fsp3) is 0.200. The summed E-state index contributed by atoms with van der Waals surface area (Å²) in [6.45, 7) is 1.49. The Kier molecular flexibility index (Phi) is 4.17. The molecule has 128 valence electrons. The highest BCUT2D eigenvalue weighted by molar-refractivity contribution is 8.14. The maximum Gasteiger partial charge on any atom is 0.128 e. The lowest BCUT2D eigenvalue weighted by Gasteiger charge is -2.33. The van der Waals surface area contributed by atoms with Crippen LogP contribution in [0.25, 0.3) is 11.1 Å². The van der Waals surface area contributed by atoms with Crippen LogP contribution in [-0.2, 0) is 13.6 Å². The Balaban J connectivity index is 1.61. The molecule has 1 unspecified atom stereocenters. The molecular formula is C20H20FN3S. The summed E-state index contributed by atoms with van der Waals surface area (Å²) in [5.41, 5.74) is 3.68. The second kappa shape index (κ2) is 6.48. The molecule has 2 aromatic carbocycles. The number of benzene rings is 2. The standard InChI is InChI=1S/C20H20FN3S/c1-23-13-17(12-22-23)15-7-8-16(18(21)11-15)14-24-9-10-25(2)20-6-4-3-5-19(20)24/h3-8,11-13H,2,9-10,14H2,1H3. The van der Waals surface area contributed by atoms with E-state index in [-0.39, 0.29) is 16.3 Å². The molecule has 1 aliphatic heterocycles. The van der Waals surface area contributed by atoms with Gasteiger partial charge < -0.3 is 4.90 Å². The van der Waals surface area contributed by atoms with Gasteiger partial charge in [-0.2, -0.15) is 15.6 Å². The van der Waals surface area contributed by atoms with Crippen molar-refractivity contribution in [2.75, 3.05) is 17.2 Å². The number of para-hydroxylation sites is 1. The molecule has 0 saturated carbocycles. The maximum atomic E-state index is 14.7. The Morgan fingerprint density at radius 3 is 2.80 bits per heavy atom. The van der Waals surface area contributed by atoms with Crippen molar-refractivity contribution < 1.29 is 4.39 Å². The lowest BCUT2D eigenvalue weighted by atomic mass is 10.1. The van der Waals surface area contributed by atoms with Crippen LogP contribution in [-0.4, -0.2) is 27.9 Å². The highest BCUT2D eigenvalue weighted by Crippen LogP contribution is 2.39. The third-order valence-electron chi connectivity index (χ3n) is 4.58. The second-order valence-corrected chi connectivity index (χ2v) is 8.13. The van der Waals surface area contributed by atoms with E-state index in [4.69, 9.17) is 0 Å². The zero-order valence-corrected chi connectivity index (χ0v) is 15.0. The number of aromatic nitrogens is 2. The van der Waals surface area contributed by atoms with E-state index in [9.17, 15) is 4.39 Å². The van der Waals surface area contributed by atoms with Crippen LogP contribution in [0.4, 0.5) is 10.1 Å². The van der Waals surface area contributed by atoms with Crippen LogP contribution in [0.2, 0.25) is 0 Å². The van der Waals surface area contributed by atoms with Crippen LogP contribution >= 0.6 is 10.5 Å². The third kappa shape index (κ3) is 3.12. The number of fused-ring (bicyclic) bond motifs is 1. The summed E-state index contributed by atoms with van der Waals surface area (Å²) < 4.78 is 16.4. The minimum absolute atomic E-state index is 0.0299. The summed E-state index contributed by atoms with van der Waals surface area (Å²) in [5.74, 6) is 5.12. The highest BCUT2D eigenvalue weighted by Gasteiger charge is 2.19. The van der Waals surface area contributed by atoms with Crippen molar-refractivity contribution in [3.05, 3.63) is 66.2 Å². The average Bonchev–Trinajstić information content (AvgIpc) is 3.05. The molecule has 1 atom stereocenters. The molecule has 0 fully saturated rings. The molecule has 0 bridgehead atoms. The molecule has 5 heteroatoms. The highest BCUT2D eigenvalue weighted by atomic mass is 32.2. The van der Waals surface area contributed by atoms with Gasteiger partial charge in [0.05, 0.1) is 11.9 Å². The number of halogens is 1. The molecular weight excluding hydrogens is 333 g/mol. The first kappa shape index (κ1) is 16.1. The molecule has 1 aliphatic rings. The van der Waals surface area contributed by atoms with Crippen LogP contribution in [0.1, 0.15) is 5.56 Å². The molecule has 0 spiro atoms. The van der Waals surface area contributed by atoms with Crippen molar-refractivity contribution in [1.82, 2.24) is 9.78 Å². The third-order valence-corrected chi connectivity index (χ3v) is 6.22. The van der Waals surface area contributed by atoms with E-state index >= 15 is 0 Å². The van der Waals surface area contributed by atoms with Gasteiger partial charge in [-0.05, 0) is 23.8 Å². The fourth-order valence-corrected chi connectivity index (χ4v) is 4.63. The van der Waals surface area contributed by atoms with Crippen molar-refractivity contribution >= 4 is 22.0 Å². The van der Waals surface area contributed by atoms with Gasteiger partial charge in [0.15, 0.2) is 0 Å². The lowest BCUT2D eigenvalue weighted by Crippen LogP contribution is -2.29. The molecule has 0 saturated heterocycles. The van der Waals surface area contributed by atoms with Crippen LogP contribution in [0, 0.1) is 5.82 Å². The van der Waals surface area contributed by atoms with E-state index < -0.39 is 0 Å². The largest absolute Gasteiger partial charge is 0.365 e. The minimum Gasteiger partial charge on any atom is -0.365 e. The van der Waals surface area contributed by atoms with Crippen molar-refractivity contribution in [3.63, 3.8) is 0 Å². The monoisotopic (exact) mass is 353 g/mol. The minimum atomic E-state index is -0.168. The van der Waals surface area contributed by atoms with Gasteiger partial charge in [0, 0.05) is 48.1 Å². The predicted molar refractivity (Wildman–Crippen MR) is 104 cm³/mol. The average molecular weight is 353 g/mol. The van der Waals surface area contributed by atoms with Gasteiger partial charge >= 0.3 is 0 Å². The van der Waals surface area contributed by atoms with Crippen molar-refractivity contribution in [2.45, 2.75) is 11.4 Å². The molecule has 3 aromatic rings. The Hall–Kier alpha value is -2.40. The predicted octanol–water partition coefficient (Wildman–Crippen LogP) is 4.31. The molecule has 0 amide bonds. The summed E-state index contributed by atoms with van der Waals surface area (Å²) in [7, 11) is 1.89. The zero-order chi connectivity index (χ0) is 17.4. The summed E-state index contributed by atoms with van der Waals surface area (Å²) in [6, 6.07) is 13.8. The Labute approximate surface area is 149 Å². The molecule has 0 radical (unpaired) electrons. The van der Waals surface area contributed by atoms with E-state index in [1.54, 1.807) is 16.9 Å². The van der Waals surface area contributed by atoms with Crippen LogP contribution in [0.3, 0.4) is 0 Å². The first-order chi connectivity index (χ1) is 12.1. The van der Waals surface area contributed by atoms with E-state index in [1.165, 1.54) is 10.6 Å². The Morgan fingerprint density at radius 2 is 2.04 bits per heavy atom. The summed E-state index contributed by atoms with van der Waals surface area (Å²) in [4.78, 5) is 3.53. The van der Waals surface area contributed by atoms with E-state index in [1.807, 2.05) is 31.4 Å². The molecule has 1 aromatic heterocycles. The molecule has 0 aliphatic carbocycles. The van der Waals surface area contributed by atoms with Crippen LogP contribution < -0.4 is 4.90 Å². The van der Waals surface area contributed by atoms with Gasteiger partial charge in [0.25, 0.3) is 0 Å². The fourth-order valence-electron chi connectivity index (χ4n) is 3.21. The van der Waals surface area contributed by atoms with Gasteiger partial charge in [-0.15, -0.1) is 0 Å². The smallest absolute Gasteiger partial charge is 0.128 e. The van der Waals surface area contributed by atoms with Gasteiger partial charge in [-0.1, -0.05) is 30.1 Å². The Morgan fingerprint density at radius 1 is 1.20 bits per heavy atom. The first-order valence-electron chi connectivity index (χ1n) is 8.24. The zero-order valence-electron chi connectivity index (χ0n) is 14.2. The molecule has 3 nitrogen and oxygen atoms in total. The molecule has 0 N–H and O–H groups in total. The van der Waals surface area contributed by atoms with E-state index in [2.05, 4.69) is 34.1 Å². The number of hydrogen-bond donors (Lipinski definition) is 0. The lowest BCUT2D eigenvalue weighted by molar-refractivity contribution is 0.605. The van der Waals surface area contributed by atoms with Crippen molar-refractivity contribution in [3.8, 4) is 11.1 Å². The number of aryl methyl sites for hydroxylation is 1.